The summed E-state index contributed by atoms with van der Waals surface area (Å²) < 4.78 is 5.39. The second kappa shape index (κ2) is 2.27. The lowest BCUT2D eigenvalue weighted by Gasteiger charge is -2.24. The van der Waals surface area contributed by atoms with Crippen LogP contribution in [0.25, 0.3) is 0 Å². The van der Waals surface area contributed by atoms with Gasteiger partial charge in [0.1, 0.15) is 0 Å². The fourth-order valence-corrected chi connectivity index (χ4v) is 1.62. The van der Waals surface area contributed by atoms with Gasteiger partial charge in [-0.25, -0.2) is 0 Å². The number of hydrogen-bond donors (Lipinski definition) is 1. The summed E-state index contributed by atoms with van der Waals surface area (Å²) in [4.78, 5) is 0. The Morgan fingerprint density at radius 3 is 3.44 bits per heavy atom. The van der Waals surface area contributed by atoms with E-state index in [0.717, 1.165) is 25.4 Å². The van der Waals surface area contributed by atoms with E-state index >= 15 is 0 Å². The quantitative estimate of drug-likeness (QED) is 0.511. The smallest absolute Gasteiger partial charge is 0.0844 e. The molecular formula is C7H12NO. The van der Waals surface area contributed by atoms with E-state index in [-0.39, 0.29) is 0 Å². The van der Waals surface area contributed by atoms with Gasteiger partial charge in [-0.15, -0.1) is 0 Å². The molecule has 2 unspecified atom stereocenters. The van der Waals surface area contributed by atoms with E-state index in [1.807, 2.05) is 6.61 Å². The average Bonchev–Trinajstić information content (AvgIpc) is 2.33. The Bertz CT molecular complexity index is 93.1. The van der Waals surface area contributed by atoms with Gasteiger partial charge in [0.05, 0.1) is 12.7 Å². The Balaban J connectivity index is 1.97. The first-order chi connectivity index (χ1) is 4.47. The molecular weight excluding hydrogens is 114 g/mol. The Morgan fingerprint density at radius 1 is 1.56 bits per heavy atom. The van der Waals surface area contributed by atoms with Crippen LogP contribution in [0.5, 0.6) is 0 Å². The third-order valence-electron chi connectivity index (χ3n) is 2.21. The molecule has 2 fully saturated rings. The van der Waals surface area contributed by atoms with Crippen molar-refractivity contribution in [1.82, 2.24) is 5.32 Å². The first-order valence-corrected chi connectivity index (χ1v) is 3.64. The van der Waals surface area contributed by atoms with Crippen LogP contribution in [0.15, 0.2) is 0 Å². The van der Waals surface area contributed by atoms with Crippen molar-refractivity contribution in [2.24, 2.45) is 5.92 Å². The Labute approximate surface area is 55.6 Å². The molecule has 2 nitrogen and oxygen atoms in total. The third-order valence-corrected chi connectivity index (χ3v) is 2.21. The van der Waals surface area contributed by atoms with E-state index in [1.54, 1.807) is 0 Å². The lowest BCUT2D eigenvalue weighted by molar-refractivity contribution is 0.100. The normalized spacial score (nSPS) is 42.7. The second-order valence-corrected chi connectivity index (χ2v) is 2.83. The van der Waals surface area contributed by atoms with Crippen molar-refractivity contribution in [2.45, 2.75) is 18.9 Å². The van der Waals surface area contributed by atoms with Crippen LogP contribution in [-0.4, -0.2) is 19.2 Å². The van der Waals surface area contributed by atoms with Gasteiger partial charge < -0.3 is 10.1 Å². The zero-order valence-corrected chi connectivity index (χ0v) is 5.47. The van der Waals surface area contributed by atoms with E-state index in [2.05, 4.69) is 5.32 Å². The number of rotatable bonds is 0. The van der Waals surface area contributed by atoms with Crippen molar-refractivity contribution in [3.63, 3.8) is 0 Å². The maximum absolute atomic E-state index is 5.39. The first-order valence-electron chi connectivity index (χ1n) is 3.64. The highest BCUT2D eigenvalue weighted by Gasteiger charge is 2.30. The molecule has 2 heteroatoms. The van der Waals surface area contributed by atoms with E-state index < -0.39 is 0 Å². The maximum Gasteiger partial charge on any atom is 0.0844 e. The van der Waals surface area contributed by atoms with Crippen LogP contribution in [0.1, 0.15) is 12.8 Å². The molecule has 0 aromatic heterocycles. The van der Waals surface area contributed by atoms with Gasteiger partial charge in [0.2, 0.25) is 0 Å². The average molecular weight is 126 g/mol. The minimum Gasteiger partial charge on any atom is -0.372 e. The molecule has 9 heavy (non-hydrogen) atoms. The van der Waals surface area contributed by atoms with Gasteiger partial charge in [0.15, 0.2) is 0 Å². The number of ether oxygens (including phenoxy) is 1. The largest absolute Gasteiger partial charge is 0.372 e. The van der Waals surface area contributed by atoms with Crippen LogP contribution in [0, 0.1) is 12.5 Å². The fourth-order valence-electron chi connectivity index (χ4n) is 1.62. The van der Waals surface area contributed by atoms with Crippen molar-refractivity contribution in [3.05, 3.63) is 6.61 Å². The molecule has 2 aliphatic heterocycles. The molecule has 1 N–H and O–H groups in total. The van der Waals surface area contributed by atoms with Gasteiger partial charge in [-0.05, 0) is 19.4 Å². The van der Waals surface area contributed by atoms with Crippen molar-refractivity contribution in [1.29, 1.82) is 0 Å². The van der Waals surface area contributed by atoms with Gasteiger partial charge in [-0.1, -0.05) is 0 Å². The van der Waals surface area contributed by atoms with E-state index in [4.69, 9.17) is 4.74 Å². The first kappa shape index (κ1) is 5.69. The van der Waals surface area contributed by atoms with Crippen LogP contribution in [0.2, 0.25) is 0 Å². The highest BCUT2D eigenvalue weighted by Crippen LogP contribution is 2.27. The minimum absolute atomic E-state index is 0.547. The fraction of sp³-hybridized carbons (Fsp3) is 0.857. The van der Waals surface area contributed by atoms with Gasteiger partial charge in [-0.2, -0.15) is 0 Å². The molecule has 1 radical (unpaired) electrons. The highest BCUT2D eigenvalue weighted by molar-refractivity contribution is 4.86. The van der Waals surface area contributed by atoms with E-state index in [1.165, 1.54) is 6.42 Å². The maximum atomic E-state index is 5.39. The summed E-state index contributed by atoms with van der Waals surface area (Å²) in [6, 6.07) is 0. The topological polar surface area (TPSA) is 21.3 Å². The van der Waals surface area contributed by atoms with Crippen molar-refractivity contribution < 1.29 is 4.74 Å². The van der Waals surface area contributed by atoms with Crippen LogP contribution < -0.4 is 5.32 Å². The SMILES string of the molecule is [CH]1CC2CNCCC2O1. The molecule has 0 spiro atoms. The molecule has 2 saturated heterocycles. The summed E-state index contributed by atoms with van der Waals surface area (Å²) in [6.07, 6.45) is 2.89. The molecule has 2 atom stereocenters. The van der Waals surface area contributed by atoms with Crippen LogP contribution in [-0.2, 0) is 4.74 Å². The summed E-state index contributed by atoms with van der Waals surface area (Å²) in [5.74, 6) is 0.777. The molecule has 51 valence electrons. The summed E-state index contributed by atoms with van der Waals surface area (Å²) >= 11 is 0. The number of hydrogen-bond acceptors (Lipinski definition) is 2. The van der Waals surface area contributed by atoms with Gasteiger partial charge in [-0.3, -0.25) is 0 Å². The summed E-state index contributed by atoms with van der Waals surface area (Å²) in [5, 5.41) is 3.36. The molecule has 0 bridgehead atoms. The lowest BCUT2D eigenvalue weighted by Crippen LogP contribution is -2.37. The van der Waals surface area contributed by atoms with Crippen molar-refractivity contribution in [2.75, 3.05) is 13.1 Å². The molecule has 0 aromatic rings. The summed E-state index contributed by atoms with van der Waals surface area (Å²) in [6.45, 7) is 4.25. The highest BCUT2D eigenvalue weighted by atomic mass is 16.5. The second-order valence-electron chi connectivity index (χ2n) is 2.83. The zero-order chi connectivity index (χ0) is 6.10. The molecule has 0 aliphatic carbocycles. The standard InChI is InChI=1S/C7H12NO/c1-3-8-5-6-2-4-9-7(1)6/h4,6-8H,1-3,5H2. The molecule has 0 saturated carbocycles. The van der Waals surface area contributed by atoms with Gasteiger partial charge >= 0.3 is 0 Å². The van der Waals surface area contributed by atoms with Crippen molar-refractivity contribution in [3.8, 4) is 0 Å². The molecule has 2 aliphatic rings. The van der Waals surface area contributed by atoms with Gasteiger partial charge in [0, 0.05) is 12.5 Å². The van der Waals surface area contributed by atoms with E-state index in [9.17, 15) is 0 Å². The predicted molar refractivity (Wildman–Crippen MR) is 34.8 cm³/mol. The van der Waals surface area contributed by atoms with Crippen molar-refractivity contribution >= 4 is 0 Å². The number of piperidine rings is 1. The summed E-state index contributed by atoms with van der Waals surface area (Å²) in [7, 11) is 0. The Kier molecular flexibility index (Phi) is 1.44. The zero-order valence-electron chi connectivity index (χ0n) is 5.47. The lowest BCUT2D eigenvalue weighted by atomic mass is 9.96. The van der Waals surface area contributed by atoms with Gasteiger partial charge in [0.25, 0.3) is 0 Å². The molecule has 2 heterocycles. The molecule has 2 rings (SSSR count). The number of nitrogens with one attached hydrogen (secondary N) is 1. The summed E-state index contributed by atoms with van der Waals surface area (Å²) in [5.41, 5.74) is 0. The Morgan fingerprint density at radius 2 is 2.56 bits per heavy atom. The number of fused-ring (bicyclic) bond motifs is 1. The van der Waals surface area contributed by atoms with E-state index in [0.29, 0.717) is 6.10 Å². The predicted octanol–water partition coefficient (Wildman–Crippen LogP) is 0.547. The monoisotopic (exact) mass is 126 g/mol. The molecule has 0 amide bonds. The van der Waals surface area contributed by atoms with Crippen LogP contribution >= 0.6 is 0 Å². The van der Waals surface area contributed by atoms with Crippen LogP contribution in [0.4, 0.5) is 0 Å². The Hall–Kier alpha value is -0.0800. The van der Waals surface area contributed by atoms with Crippen LogP contribution in [0.3, 0.4) is 0 Å². The minimum atomic E-state index is 0.547. The molecule has 0 aromatic carbocycles. The third kappa shape index (κ3) is 0.970.